The van der Waals surface area contributed by atoms with Crippen LogP contribution < -0.4 is 4.87 Å². The van der Waals surface area contributed by atoms with E-state index in [2.05, 4.69) is 28.1 Å². The van der Waals surface area contributed by atoms with E-state index in [0.29, 0.717) is 0 Å². The minimum absolute atomic E-state index is 0.0236. The van der Waals surface area contributed by atoms with Crippen molar-refractivity contribution in [3.8, 4) is 5.82 Å². The fraction of sp³-hybridized carbons (Fsp3) is 0.250. The van der Waals surface area contributed by atoms with Gasteiger partial charge in [-0.15, -0.1) is 0 Å². The van der Waals surface area contributed by atoms with Crippen molar-refractivity contribution in [2.75, 3.05) is 0 Å². The molecule has 0 aliphatic rings. The van der Waals surface area contributed by atoms with E-state index < -0.39 is 0 Å². The van der Waals surface area contributed by atoms with Crippen LogP contribution in [-0.2, 0) is 0 Å². The molecular weight excluding hydrogens is 344 g/mol. The Kier molecular flexibility index (Phi) is 5.32. The number of pyridine rings is 1. The lowest BCUT2D eigenvalue weighted by Crippen LogP contribution is -2.02. The quantitative estimate of drug-likeness (QED) is 0.574. The highest BCUT2D eigenvalue weighted by molar-refractivity contribution is 7.16. The number of hydrogen-bond acceptors (Lipinski definition) is 4. The molecule has 5 nitrogen and oxygen atoms in total. The Morgan fingerprint density at radius 1 is 1.15 bits per heavy atom. The van der Waals surface area contributed by atoms with Gasteiger partial charge in [0, 0.05) is 18.3 Å². The monoisotopic (exact) mass is 366 g/mol. The lowest BCUT2D eigenvalue weighted by molar-refractivity contribution is 0.779. The maximum absolute atomic E-state index is 11.5. The highest BCUT2D eigenvalue weighted by atomic mass is 32.1. The van der Waals surface area contributed by atoms with Crippen molar-refractivity contribution in [1.82, 2.24) is 19.7 Å². The Balaban J connectivity index is 0.000000948. The topological polar surface area (TPSA) is 63.6 Å². The summed E-state index contributed by atoms with van der Waals surface area (Å²) in [6.45, 7) is 8.13. The first kappa shape index (κ1) is 18.1. The van der Waals surface area contributed by atoms with E-state index in [-0.39, 0.29) is 10.8 Å². The molecule has 6 heteroatoms. The summed E-state index contributed by atoms with van der Waals surface area (Å²) >= 11 is 1.24. The first-order chi connectivity index (χ1) is 12.6. The molecule has 0 amide bonds. The summed E-state index contributed by atoms with van der Waals surface area (Å²) in [5.74, 6) is 0.941. The smallest absolute Gasteiger partial charge is 0.305 e. The average Bonchev–Trinajstić information content (AvgIpc) is 3.28. The molecule has 0 aliphatic carbocycles. The normalized spacial score (nSPS) is 11.8. The number of thiazole rings is 1. The third-order valence-corrected chi connectivity index (χ3v) is 4.97. The lowest BCUT2D eigenvalue weighted by Gasteiger charge is -2.09. The van der Waals surface area contributed by atoms with Crippen LogP contribution in [0.25, 0.3) is 16.0 Å². The van der Waals surface area contributed by atoms with Crippen molar-refractivity contribution in [2.45, 2.75) is 33.6 Å². The first-order valence-electron chi connectivity index (χ1n) is 8.71. The molecule has 26 heavy (non-hydrogen) atoms. The molecule has 0 fully saturated rings. The van der Waals surface area contributed by atoms with Gasteiger partial charge in [-0.2, -0.15) is 5.10 Å². The number of rotatable bonds is 3. The van der Waals surface area contributed by atoms with Gasteiger partial charge >= 0.3 is 4.87 Å². The van der Waals surface area contributed by atoms with Gasteiger partial charge in [0.05, 0.1) is 15.9 Å². The average molecular weight is 366 g/mol. The molecule has 0 saturated heterocycles. The number of aromatic nitrogens is 4. The molecule has 0 spiro atoms. The van der Waals surface area contributed by atoms with Crippen LogP contribution in [-0.4, -0.2) is 19.7 Å². The molecule has 0 bridgehead atoms. The van der Waals surface area contributed by atoms with Crippen LogP contribution in [0.15, 0.2) is 53.6 Å². The van der Waals surface area contributed by atoms with E-state index in [1.807, 2.05) is 63.5 Å². The Bertz CT molecular complexity index is 1060. The third-order valence-electron chi connectivity index (χ3n) is 4.13. The van der Waals surface area contributed by atoms with Gasteiger partial charge in [-0.05, 0) is 42.3 Å². The van der Waals surface area contributed by atoms with Gasteiger partial charge in [-0.25, -0.2) is 9.67 Å². The predicted molar refractivity (Wildman–Crippen MR) is 107 cm³/mol. The van der Waals surface area contributed by atoms with Gasteiger partial charge < -0.3 is 4.98 Å². The van der Waals surface area contributed by atoms with E-state index in [0.717, 1.165) is 32.9 Å². The molecule has 0 aliphatic heterocycles. The summed E-state index contributed by atoms with van der Waals surface area (Å²) in [6, 6.07) is 12.0. The number of nitrogens with one attached hydrogen (secondary N) is 1. The second-order valence-corrected chi connectivity index (χ2v) is 6.89. The Morgan fingerprint density at radius 3 is 2.69 bits per heavy atom. The van der Waals surface area contributed by atoms with Crippen molar-refractivity contribution in [2.24, 2.45) is 0 Å². The van der Waals surface area contributed by atoms with E-state index >= 15 is 0 Å². The SMILES string of the molecule is CC.Cc1ccc(-n2ccc(C(C)c3ccc4[nH]c(=O)sc4c3)n2)nc1. The highest BCUT2D eigenvalue weighted by Gasteiger charge is 2.13. The molecule has 134 valence electrons. The summed E-state index contributed by atoms with van der Waals surface area (Å²) in [6.07, 6.45) is 3.76. The van der Waals surface area contributed by atoms with E-state index in [1.165, 1.54) is 11.3 Å². The maximum Gasteiger partial charge on any atom is 0.305 e. The van der Waals surface area contributed by atoms with Crippen LogP contribution in [0, 0.1) is 6.92 Å². The van der Waals surface area contributed by atoms with Crippen molar-refractivity contribution >= 4 is 21.6 Å². The van der Waals surface area contributed by atoms with Gasteiger partial charge in [0.1, 0.15) is 0 Å². The van der Waals surface area contributed by atoms with Crippen molar-refractivity contribution in [1.29, 1.82) is 0 Å². The summed E-state index contributed by atoms with van der Waals surface area (Å²) in [5, 5.41) is 4.66. The zero-order valence-electron chi connectivity index (χ0n) is 15.4. The summed E-state index contributed by atoms with van der Waals surface area (Å²) < 4.78 is 2.77. The molecule has 0 radical (unpaired) electrons. The molecule has 0 saturated carbocycles. The minimum Gasteiger partial charge on any atom is -0.312 e. The first-order valence-corrected chi connectivity index (χ1v) is 9.53. The van der Waals surface area contributed by atoms with Crippen molar-refractivity contribution in [3.05, 3.63) is 75.3 Å². The Morgan fingerprint density at radius 2 is 1.96 bits per heavy atom. The second kappa shape index (κ2) is 7.66. The number of hydrogen-bond donors (Lipinski definition) is 1. The maximum atomic E-state index is 11.5. The van der Waals surface area contributed by atoms with Crippen LogP contribution >= 0.6 is 11.3 Å². The Hall–Kier alpha value is -2.73. The van der Waals surface area contributed by atoms with E-state index in [1.54, 1.807) is 4.68 Å². The predicted octanol–water partition coefficient (Wildman–Crippen LogP) is 4.66. The molecule has 1 aromatic carbocycles. The largest absolute Gasteiger partial charge is 0.312 e. The summed E-state index contributed by atoms with van der Waals surface area (Å²) in [5.41, 5.74) is 4.12. The van der Waals surface area contributed by atoms with Crippen LogP contribution in [0.1, 0.15) is 43.5 Å². The number of nitrogens with zero attached hydrogens (tertiary/aromatic N) is 3. The van der Waals surface area contributed by atoms with Crippen LogP contribution in [0.5, 0.6) is 0 Å². The van der Waals surface area contributed by atoms with Gasteiger partial charge in [0.2, 0.25) is 0 Å². The standard InChI is InChI=1S/C18H16N4OS.C2H6/c1-11-3-6-17(19-10-11)22-8-7-14(21-22)12(2)13-4-5-15-16(9-13)24-18(23)20-15;1-2/h3-10,12H,1-2H3,(H,20,23);1-2H3. The third kappa shape index (κ3) is 3.60. The number of aryl methyl sites for hydroxylation is 1. The molecule has 3 heterocycles. The van der Waals surface area contributed by atoms with E-state index in [9.17, 15) is 4.79 Å². The zero-order chi connectivity index (χ0) is 18.7. The molecule has 1 unspecified atom stereocenters. The van der Waals surface area contributed by atoms with Gasteiger partial charge in [0.15, 0.2) is 5.82 Å². The van der Waals surface area contributed by atoms with Crippen LogP contribution in [0.3, 0.4) is 0 Å². The number of benzene rings is 1. The molecule has 1 atom stereocenters. The van der Waals surface area contributed by atoms with Crippen LogP contribution in [0.2, 0.25) is 0 Å². The lowest BCUT2D eigenvalue weighted by atomic mass is 9.98. The zero-order valence-corrected chi connectivity index (χ0v) is 16.2. The number of H-pyrrole nitrogens is 1. The fourth-order valence-corrected chi connectivity index (χ4v) is 3.48. The highest BCUT2D eigenvalue weighted by Crippen LogP contribution is 2.26. The number of fused-ring (bicyclic) bond motifs is 1. The fourth-order valence-electron chi connectivity index (χ4n) is 2.69. The second-order valence-electron chi connectivity index (χ2n) is 5.87. The number of aromatic amines is 1. The van der Waals surface area contributed by atoms with Gasteiger partial charge in [-0.1, -0.05) is 44.2 Å². The summed E-state index contributed by atoms with van der Waals surface area (Å²) in [4.78, 5) is 18.7. The molecule has 1 N–H and O–H groups in total. The van der Waals surface area contributed by atoms with Crippen LogP contribution in [0.4, 0.5) is 0 Å². The van der Waals surface area contributed by atoms with E-state index in [4.69, 9.17) is 0 Å². The molecule has 3 aromatic heterocycles. The van der Waals surface area contributed by atoms with Crippen molar-refractivity contribution < 1.29 is 0 Å². The summed E-state index contributed by atoms with van der Waals surface area (Å²) in [7, 11) is 0. The molecule has 4 rings (SSSR count). The van der Waals surface area contributed by atoms with Gasteiger partial charge in [-0.3, -0.25) is 4.79 Å². The molecular formula is C20H22N4OS. The van der Waals surface area contributed by atoms with Crippen molar-refractivity contribution in [3.63, 3.8) is 0 Å². The molecule has 4 aromatic rings. The Labute approximate surface area is 156 Å². The minimum atomic E-state index is -0.0236. The van der Waals surface area contributed by atoms with Gasteiger partial charge in [0.25, 0.3) is 0 Å².